The van der Waals surface area contributed by atoms with Crippen molar-refractivity contribution in [3.8, 4) is 11.5 Å². The molecule has 4 aromatic rings. The molecule has 0 unspecified atom stereocenters. The zero-order chi connectivity index (χ0) is 29.4. The standard InChI is InChI=1S/2C13H14BrNO.C3H8O.O.V/c2*1-13(2,3)9-7-10(14)8-5-4-6-15-11(8)12(9)16;1-3(2)4;;/h2*4-7,16H,1-3H3;3-4H,1-2H3;;. The van der Waals surface area contributed by atoms with Crippen LogP contribution in [-0.4, -0.2) is 31.4 Å². The minimum absolute atomic E-state index is 0.0989. The Bertz CT molecular complexity index is 1260. The van der Waals surface area contributed by atoms with Crippen molar-refractivity contribution in [3.63, 3.8) is 0 Å². The van der Waals surface area contributed by atoms with E-state index in [2.05, 4.69) is 83.4 Å². The second-order valence-electron chi connectivity index (χ2n) is 10.9. The van der Waals surface area contributed by atoms with Crippen molar-refractivity contribution in [2.45, 2.75) is 72.3 Å². The third-order valence-corrected chi connectivity index (χ3v) is 6.56. The summed E-state index contributed by atoms with van der Waals surface area (Å²) in [5.74, 6) is 0.567. The summed E-state index contributed by atoms with van der Waals surface area (Å²) in [4.78, 5) is 8.47. The van der Waals surface area contributed by atoms with Gasteiger partial charge in [0.2, 0.25) is 0 Å². The van der Waals surface area contributed by atoms with Crippen molar-refractivity contribution in [1.82, 2.24) is 9.97 Å². The number of phenolic OH excluding ortho intramolecular Hbond substituents is 2. The molecule has 2 heterocycles. The average molecular weight is 687 g/mol. The van der Waals surface area contributed by atoms with Gasteiger partial charge in [-0.05, 0) is 48.9 Å². The van der Waals surface area contributed by atoms with E-state index in [4.69, 9.17) is 8.78 Å². The number of benzene rings is 2. The van der Waals surface area contributed by atoms with Gasteiger partial charge in [-0.3, -0.25) is 9.97 Å². The summed E-state index contributed by atoms with van der Waals surface area (Å²) >= 11 is 8.11. The van der Waals surface area contributed by atoms with Crippen molar-refractivity contribution in [1.29, 1.82) is 0 Å². The number of hydrogen-bond acceptors (Lipinski definition) is 6. The summed E-state index contributed by atoms with van der Waals surface area (Å²) in [5.41, 5.74) is 2.93. The molecule has 0 atom stereocenters. The number of hydrogen-bond donors (Lipinski definition) is 3. The fourth-order valence-corrected chi connectivity index (χ4v) is 4.62. The van der Waals surface area contributed by atoms with Crippen LogP contribution >= 0.6 is 31.9 Å². The molecule has 0 saturated carbocycles. The van der Waals surface area contributed by atoms with Crippen LogP contribution in [0.25, 0.3) is 21.8 Å². The number of aromatic hydroxyl groups is 2. The summed E-state index contributed by atoms with van der Waals surface area (Å²) in [6, 6.07) is 11.6. The van der Waals surface area contributed by atoms with Gasteiger partial charge in [0.25, 0.3) is 0 Å². The van der Waals surface area contributed by atoms with E-state index in [-0.39, 0.29) is 28.4 Å². The Labute approximate surface area is 251 Å². The molecule has 0 amide bonds. The number of phenols is 2. The molecule has 0 fully saturated rings. The van der Waals surface area contributed by atoms with Gasteiger partial charge in [-0.15, -0.1) is 0 Å². The molecule has 0 aliphatic heterocycles. The fraction of sp³-hybridized carbons (Fsp3) is 0.379. The normalized spacial score (nSPS) is 11.1. The number of nitrogens with zero attached hydrogens (tertiary/aromatic N) is 2. The van der Waals surface area contributed by atoms with Crippen molar-refractivity contribution in [2.24, 2.45) is 0 Å². The molecule has 205 valence electrons. The Morgan fingerprint density at radius 3 is 1.29 bits per heavy atom. The van der Waals surface area contributed by atoms with Gasteiger partial charge in [-0.1, -0.05) is 85.5 Å². The zero-order valence-electron chi connectivity index (χ0n) is 23.0. The molecule has 0 aliphatic carbocycles. The summed E-state index contributed by atoms with van der Waals surface area (Å²) in [7, 11) is 0. The van der Waals surface area contributed by atoms with Crippen LogP contribution < -0.4 is 0 Å². The van der Waals surface area contributed by atoms with E-state index in [0.717, 1.165) is 48.2 Å². The van der Waals surface area contributed by atoms with E-state index in [9.17, 15) is 10.2 Å². The summed E-state index contributed by atoms with van der Waals surface area (Å²) in [6.45, 7) is 15.9. The summed E-state index contributed by atoms with van der Waals surface area (Å²) in [6.07, 6.45) is 3.22. The molecule has 3 N–H and O–H groups in total. The third kappa shape index (κ3) is 9.13. The van der Waals surface area contributed by atoms with Crippen molar-refractivity contribution < 1.29 is 36.4 Å². The van der Waals surface area contributed by atoms with Gasteiger partial charge < -0.3 is 15.3 Å². The topological polar surface area (TPSA) is 104 Å². The first-order valence-corrected chi connectivity index (χ1v) is 14.1. The monoisotopic (exact) mass is 685 g/mol. The Hall–Kier alpha value is -1.84. The van der Waals surface area contributed by atoms with Crippen LogP contribution in [0.2, 0.25) is 0 Å². The van der Waals surface area contributed by atoms with Gasteiger partial charge >= 0.3 is 21.0 Å². The second kappa shape index (κ2) is 14.5. The van der Waals surface area contributed by atoms with Crippen LogP contribution in [0.4, 0.5) is 0 Å². The number of fused-ring (bicyclic) bond motifs is 2. The molecule has 0 saturated heterocycles. The predicted octanol–water partition coefficient (Wildman–Crippen LogP) is 8.27. The Kier molecular flexibility index (Phi) is 13.1. The van der Waals surface area contributed by atoms with Crippen LogP contribution in [0.3, 0.4) is 0 Å². The Balaban J connectivity index is 0.000000316. The SMILES string of the molecule is CC(C)(C)c1cc(Br)c2cccnc2c1O.CC(C)(C)c1cc(Br)c2cccnc2c1O.CC(C)O.[O]=[V]. The van der Waals surface area contributed by atoms with Crippen LogP contribution in [0, 0.1) is 0 Å². The number of aliphatic hydroxyl groups excluding tert-OH is 1. The molecule has 0 bridgehead atoms. The van der Waals surface area contributed by atoms with Gasteiger partial charge in [0.05, 0.1) is 0 Å². The summed E-state index contributed by atoms with van der Waals surface area (Å²) in [5, 5.41) is 30.4. The second-order valence-corrected chi connectivity index (χ2v) is 12.6. The Morgan fingerprint density at radius 2 is 1.03 bits per heavy atom. The maximum absolute atomic E-state index is 10.2. The van der Waals surface area contributed by atoms with E-state index < -0.39 is 0 Å². The maximum atomic E-state index is 10.2. The molecule has 4 rings (SSSR count). The molecular weight excluding hydrogens is 651 g/mol. The van der Waals surface area contributed by atoms with Crippen LogP contribution in [0.15, 0.2) is 57.7 Å². The molecule has 9 heteroatoms. The van der Waals surface area contributed by atoms with Crippen molar-refractivity contribution >= 4 is 53.7 Å². The van der Waals surface area contributed by atoms with Crippen LogP contribution in [0.5, 0.6) is 11.5 Å². The Morgan fingerprint density at radius 1 is 0.737 bits per heavy atom. The molecule has 6 nitrogen and oxygen atoms in total. The van der Waals surface area contributed by atoms with Gasteiger partial charge in [0.15, 0.2) is 0 Å². The third-order valence-electron chi connectivity index (χ3n) is 5.25. The number of aromatic nitrogens is 2. The van der Waals surface area contributed by atoms with Gasteiger partial charge in [0.1, 0.15) is 22.5 Å². The molecule has 0 aliphatic rings. The quantitative estimate of drug-likeness (QED) is 0.172. The van der Waals surface area contributed by atoms with Crippen molar-refractivity contribution in [3.05, 3.63) is 68.9 Å². The number of pyridine rings is 2. The zero-order valence-corrected chi connectivity index (χ0v) is 27.6. The first-order chi connectivity index (χ1) is 17.6. The number of halogens is 2. The van der Waals surface area contributed by atoms with Crippen LogP contribution in [-0.2, 0) is 31.9 Å². The first kappa shape index (κ1) is 34.2. The molecule has 2 aromatic heterocycles. The molecule has 2 aromatic carbocycles. The van der Waals surface area contributed by atoms with Crippen LogP contribution in [0.1, 0.15) is 66.5 Å². The first-order valence-electron chi connectivity index (χ1n) is 11.9. The van der Waals surface area contributed by atoms with E-state index in [0.29, 0.717) is 11.0 Å². The summed E-state index contributed by atoms with van der Waals surface area (Å²) < 4.78 is 10.1. The molecular formula is C29H36Br2N2O4V. The predicted molar refractivity (Wildman–Crippen MR) is 158 cm³/mol. The fourth-order valence-electron chi connectivity index (χ4n) is 3.52. The molecule has 38 heavy (non-hydrogen) atoms. The minimum atomic E-state index is -0.167. The average Bonchev–Trinajstić information content (AvgIpc) is 2.84. The van der Waals surface area contributed by atoms with Gasteiger partial charge in [0, 0.05) is 49.3 Å². The van der Waals surface area contributed by atoms with E-state index in [1.807, 2.05) is 36.4 Å². The van der Waals surface area contributed by atoms with Gasteiger partial charge in [-0.25, -0.2) is 0 Å². The molecule has 0 radical (unpaired) electrons. The van der Waals surface area contributed by atoms with E-state index in [1.54, 1.807) is 26.2 Å². The molecule has 0 spiro atoms. The van der Waals surface area contributed by atoms with E-state index >= 15 is 0 Å². The van der Waals surface area contributed by atoms with Crippen molar-refractivity contribution in [2.75, 3.05) is 0 Å². The van der Waals surface area contributed by atoms with E-state index in [1.165, 1.54) is 0 Å². The number of aliphatic hydroxyl groups is 1. The van der Waals surface area contributed by atoms with Gasteiger partial charge in [-0.2, -0.15) is 0 Å². The number of rotatable bonds is 0.